The second-order valence-electron chi connectivity index (χ2n) is 3.50. The summed E-state index contributed by atoms with van der Waals surface area (Å²) in [6.07, 6.45) is 12.3. The minimum Gasteiger partial charge on any atom is -0.462 e. The van der Waals surface area contributed by atoms with Crippen molar-refractivity contribution in [3.8, 4) is 0 Å². The van der Waals surface area contributed by atoms with E-state index in [1.807, 2.05) is 6.08 Å². The zero-order chi connectivity index (χ0) is 10.5. The molecule has 80 valence electrons. The summed E-state index contributed by atoms with van der Waals surface area (Å²) in [5, 5.41) is 0. The van der Waals surface area contributed by atoms with Crippen molar-refractivity contribution in [3.05, 3.63) is 47.8 Å². The third-order valence-corrected chi connectivity index (χ3v) is 2.36. The highest BCUT2D eigenvalue weighted by Crippen LogP contribution is 2.25. The summed E-state index contributed by atoms with van der Waals surface area (Å²) in [4.78, 5) is 0. The lowest BCUT2D eigenvalue weighted by Crippen LogP contribution is -2.06. The number of hydrogen-bond donors (Lipinski definition) is 1. The largest absolute Gasteiger partial charge is 0.462 e. The Morgan fingerprint density at radius 1 is 1.27 bits per heavy atom. The summed E-state index contributed by atoms with van der Waals surface area (Å²) in [6, 6.07) is 0. The Balaban J connectivity index is 1.97. The molecule has 0 saturated carbocycles. The van der Waals surface area contributed by atoms with E-state index in [4.69, 9.17) is 15.2 Å². The molecule has 3 heteroatoms. The van der Waals surface area contributed by atoms with Crippen LogP contribution < -0.4 is 5.73 Å². The molecule has 2 N–H and O–H groups in total. The maximum absolute atomic E-state index is 5.50. The van der Waals surface area contributed by atoms with E-state index in [-0.39, 0.29) is 0 Å². The van der Waals surface area contributed by atoms with Crippen molar-refractivity contribution in [3.63, 3.8) is 0 Å². The van der Waals surface area contributed by atoms with Crippen LogP contribution in [0.4, 0.5) is 0 Å². The Labute approximate surface area is 89.6 Å². The van der Waals surface area contributed by atoms with Crippen LogP contribution in [0.3, 0.4) is 0 Å². The SMILES string of the molecule is NCCC1=COC(C2=CC=CCC2)=CO1. The van der Waals surface area contributed by atoms with Crippen molar-refractivity contribution in [1.82, 2.24) is 0 Å². The first-order valence-corrected chi connectivity index (χ1v) is 5.19. The number of nitrogens with two attached hydrogens (primary N) is 1. The van der Waals surface area contributed by atoms with Gasteiger partial charge in [-0.3, -0.25) is 0 Å². The van der Waals surface area contributed by atoms with Crippen LogP contribution >= 0.6 is 0 Å². The smallest absolute Gasteiger partial charge is 0.164 e. The molecule has 1 aliphatic heterocycles. The molecule has 1 heterocycles. The van der Waals surface area contributed by atoms with Gasteiger partial charge < -0.3 is 15.2 Å². The normalized spacial score (nSPS) is 19.7. The molecule has 0 aromatic carbocycles. The average molecular weight is 205 g/mol. The molecule has 0 amide bonds. The van der Waals surface area contributed by atoms with E-state index in [9.17, 15) is 0 Å². The van der Waals surface area contributed by atoms with E-state index in [1.165, 1.54) is 5.57 Å². The maximum Gasteiger partial charge on any atom is 0.164 e. The number of ether oxygens (including phenoxy) is 2. The second kappa shape index (κ2) is 4.84. The van der Waals surface area contributed by atoms with Crippen LogP contribution in [0.5, 0.6) is 0 Å². The Hall–Kier alpha value is -1.48. The molecule has 1 aliphatic carbocycles. The molecule has 3 nitrogen and oxygen atoms in total. The van der Waals surface area contributed by atoms with Crippen molar-refractivity contribution in [2.24, 2.45) is 5.73 Å². The third-order valence-electron chi connectivity index (χ3n) is 2.36. The minimum atomic E-state index is 0.573. The Morgan fingerprint density at radius 3 is 2.80 bits per heavy atom. The Kier molecular flexibility index (Phi) is 3.25. The van der Waals surface area contributed by atoms with Gasteiger partial charge in [-0.25, -0.2) is 0 Å². The first kappa shape index (κ1) is 10.1. The van der Waals surface area contributed by atoms with Crippen molar-refractivity contribution in [1.29, 1.82) is 0 Å². The quantitative estimate of drug-likeness (QED) is 0.769. The topological polar surface area (TPSA) is 44.5 Å². The molecule has 2 rings (SSSR count). The van der Waals surface area contributed by atoms with Crippen molar-refractivity contribution < 1.29 is 9.47 Å². The summed E-state index contributed by atoms with van der Waals surface area (Å²) in [7, 11) is 0. The van der Waals surface area contributed by atoms with E-state index in [0.717, 1.165) is 24.4 Å². The fourth-order valence-electron chi connectivity index (χ4n) is 1.53. The Bertz CT molecular complexity index is 351. The predicted molar refractivity (Wildman–Crippen MR) is 58.5 cm³/mol. The number of hydrogen-bond acceptors (Lipinski definition) is 3. The first-order chi connectivity index (χ1) is 7.40. The van der Waals surface area contributed by atoms with E-state index in [0.29, 0.717) is 13.0 Å². The molecule has 0 radical (unpaired) electrons. The van der Waals surface area contributed by atoms with Gasteiger partial charge in [-0.15, -0.1) is 0 Å². The fourth-order valence-corrected chi connectivity index (χ4v) is 1.53. The minimum absolute atomic E-state index is 0.573. The van der Waals surface area contributed by atoms with Gasteiger partial charge in [0.2, 0.25) is 0 Å². The molecule has 0 fully saturated rings. The van der Waals surface area contributed by atoms with Gasteiger partial charge >= 0.3 is 0 Å². The van der Waals surface area contributed by atoms with Gasteiger partial charge in [0.1, 0.15) is 18.3 Å². The lowest BCUT2D eigenvalue weighted by molar-refractivity contribution is 0.226. The van der Waals surface area contributed by atoms with Crippen molar-refractivity contribution in [2.45, 2.75) is 19.3 Å². The lowest BCUT2D eigenvalue weighted by atomic mass is 10.0. The average Bonchev–Trinajstić information content (AvgIpc) is 2.32. The standard InChI is InChI=1S/C12H15NO2/c13-7-6-11-8-15-12(9-14-11)10-4-2-1-3-5-10/h1-2,4,8-9H,3,5-7,13H2. The zero-order valence-electron chi connectivity index (χ0n) is 8.61. The summed E-state index contributed by atoms with van der Waals surface area (Å²) in [5.74, 6) is 1.59. The van der Waals surface area contributed by atoms with E-state index >= 15 is 0 Å². The molecular formula is C12H15NO2. The third kappa shape index (κ3) is 2.50. The van der Waals surface area contributed by atoms with Crippen molar-refractivity contribution >= 4 is 0 Å². The van der Waals surface area contributed by atoms with E-state index in [2.05, 4.69) is 12.2 Å². The van der Waals surface area contributed by atoms with E-state index < -0.39 is 0 Å². The lowest BCUT2D eigenvalue weighted by Gasteiger charge is -2.17. The molecule has 0 aromatic heterocycles. The summed E-state index contributed by atoms with van der Waals surface area (Å²) >= 11 is 0. The second-order valence-corrected chi connectivity index (χ2v) is 3.50. The van der Waals surface area contributed by atoms with Crippen LogP contribution in [0, 0.1) is 0 Å². The van der Waals surface area contributed by atoms with Crippen LogP contribution in [0.1, 0.15) is 19.3 Å². The van der Waals surface area contributed by atoms with Crippen LogP contribution in [0.2, 0.25) is 0 Å². The summed E-state index contributed by atoms with van der Waals surface area (Å²) in [6.45, 7) is 0.573. The molecule has 0 aromatic rings. The highest BCUT2D eigenvalue weighted by molar-refractivity contribution is 5.32. The molecule has 0 saturated heterocycles. The molecule has 0 spiro atoms. The highest BCUT2D eigenvalue weighted by Gasteiger charge is 2.12. The molecule has 0 unspecified atom stereocenters. The van der Waals surface area contributed by atoms with Crippen LogP contribution in [-0.4, -0.2) is 6.54 Å². The van der Waals surface area contributed by atoms with Gasteiger partial charge in [-0.2, -0.15) is 0 Å². The Morgan fingerprint density at radius 2 is 2.20 bits per heavy atom. The van der Waals surface area contributed by atoms with Crippen LogP contribution in [0.25, 0.3) is 0 Å². The highest BCUT2D eigenvalue weighted by atomic mass is 16.5. The molecule has 0 bridgehead atoms. The van der Waals surface area contributed by atoms with Crippen molar-refractivity contribution in [2.75, 3.05) is 6.54 Å². The van der Waals surface area contributed by atoms with Gasteiger partial charge in [0.15, 0.2) is 5.76 Å². The maximum atomic E-state index is 5.50. The van der Waals surface area contributed by atoms with Gasteiger partial charge in [-0.05, 0) is 25.0 Å². The number of allylic oxidation sites excluding steroid dienone is 4. The van der Waals surface area contributed by atoms with Gasteiger partial charge in [0, 0.05) is 6.42 Å². The zero-order valence-corrected chi connectivity index (χ0v) is 8.61. The molecule has 15 heavy (non-hydrogen) atoms. The van der Waals surface area contributed by atoms with E-state index in [1.54, 1.807) is 12.5 Å². The molecule has 0 atom stereocenters. The predicted octanol–water partition coefficient (Wildman–Crippen LogP) is 2.34. The van der Waals surface area contributed by atoms with Gasteiger partial charge in [0.05, 0.1) is 0 Å². The summed E-state index contributed by atoms with van der Waals surface area (Å²) < 4.78 is 10.9. The molecule has 2 aliphatic rings. The van der Waals surface area contributed by atoms with Gasteiger partial charge in [0.25, 0.3) is 0 Å². The van der Waals surface area contributed by atoms with Crippen LogP contribution in [0.15, 0.2) is 47.8 Å². The van der Waals surface area contributed by atoms with Crippen LogP contribution in [-0.2, 0) is 9.47 Å². The van der Waals surface area contributed by atoms with Gasteiger partial charge in [-0.1, -0.05) is 18.2 Å². The monoisotopic (exact) mass is 205 g/mol. The fraction of sp³-hybridized carbons (Fsp3) is 0.333. The summed E-state index contributed by atoms with van der Waals surface area (Å²) in [5.41, 5.74) is 6.60. The molecular weight excluding hydrogens is 190 g/mol. The number of rotatable bonds is 3. The first-order valence-electron chi connectivity index (χ1n) is 5.19.